The number of hydrogen-bond donors (Lipinski definition) is 2. The molecule has 0 amide bonds. The van der Waals surface area contributed by atoms with Gasteiger partial charge in [0.05, 0.1) is 4.90 Å². The van der Waals surface area contributed by atoms with Gasteiger partial charge in [-0.2, -0.15) is 0 Å². The molecule has 0 radical (unpaired) electrons. The highest BCUT2D eigenvalue weighted by Gasteiger charge is 2.17. The number of nitrogens with two attached hydrogens (primary N) is 1. The van der Waals surface area contributed by atoms with E-state index in [0.717, 1.165) is 5.56 Å². The Bertz CT molecular complexity index is 802. The van der Waals surface area contributed by atoms with Crippen molar-refractivity contribution >= 4 is 33.0 Å². The van der Waals surface area contributed by atoms with E-state index >= 15 is 0 Å². The van der Waals surface area contributed by atoms with Gasteiger partial charge in [0, 0.05) is 11.8 Å². The largest absolute Gasteiger partial charge is 0.389 e. The summed E-state index contributed by atoms with van der Waals surface area (Å²) in [5, 5.41) is 0. The van der Waals surface area contributed by atoms with Crippen molar-refractivity contribution in [1.29, 1.82) is 0 Å². The first-order valence-electron chi connectivity index (χ1n) is 6.16. The molecule has 0 bridgehead atoms. The van der Waals surface area contributed by atoms with Crippen molar-refractivity contribution in [2.75, 3.05) is 4.72 Å². The Morgan fingerprint density at radius 3 is 2.52 bits per heavy atom. The molecule has 0 unspecified atom stereocenters. The van der Waals surface area contributed by atoms with Crippen LogP contribution in [-0.2, 0) is 10.0 Å². The highest BCUT2D eigenvalue weighted by atomic mass is 32.2. The Morgan fingerprint density at radius 2 is 1.95 bits per heavy atom. The highest BCUT2D eigenvalue weighted by molar-refractivity contribution is 7.92. The molecule has 0 aliphatic rings. The lowest BCUT2D eigenvalue weighted by atomic mass is 10.1. The van der Waals surface area contributed by atoms with Crippen LogP contribution in [-0.4, -0.2) is 18.4 Å². The van der Waals surface area contributed by atoms with Crippen LogP contribution in [0.4, 0.5) is 5.82 Å². The predicted molar refractivity (Wildman–Crippen MR) is 86.8 cm³/mol. The molecule has 110 valence electrons. The second-order valence-electron chi connectivity index (χ2n) is 4.62. The standard InChI is InChI=1S/C14H15N3O2S2/c1-9-4-3-7-16-14(9)17-21(18,19)11-5-6-12(13(15)20)10(2)8-11/h3-8H,1-2H3,(H2,15,20)(H,16,17). The van der Waals surface area contributed by atoms with Crippen molar-refractivity contribution in [2.24, 2.45) is 5.73 Å². The number of nitrogens with zero attached hydrogens (tertiary/aromatic N) is 1. The Morgan fingerprint density at radius 1 is 1.24 bits per heavy atom. The van der Waals surface area contributed by atoms with Crippen LogP contribution in [0.3, 0.4) is 0 Å². The van der Waals surface area contributed by atoms with Gasteiger partial charge >= 0.3 is 0 Å². The zero-order chi connectivity index (χ0) is 15.6. The second-order valence-corrected chi connectivity index (χ2v) is 6.74. The molecular weight excluding hydrogens is 306 g/mol. The molecule has 2 rings (SSSR count). The molecule has 0 atom stereocenters. The summed E-state index contributed by atoms with van der Waals surface area (Å²) in [6.07, 6.45) is 1.53. The summed E-state index contributed by atoms with van der Waals surface area (Å²) < 4.78 is 27.2. The Balaban J connectivity index is 2.39. The van der Waals surface area contributed by atoms with E-state index in [1.165, 1.54) is 18.3 Å². The lowest BCUT2D eigenvalue weighted by Crippen LogP contribution is -2.16. The minimum atomic E-state index is -3.70. The molecule has 7 heteroatoms. The maximum Gasteiger partial charge on any atom is 0.263 e. The third kappa shape index (κ3) is 3.37. The molecule has 0 fully saturated rings. The molecule has 0 spiro atoms. The normalized spacial score (nSPS) is 11.1. The lowest BCUT2D eigenvalue weighted by Gasteiger charge is -2.11. The Kier molecular flexibility index (Phi) is 4.24. The van der Waals surface area contributed by atoms with Crippen molar-refractivity contribution in [3.8, 4) is 0 Å². The number of hydrogen-bond acceptors (Lipinski definition) is 4. The molecule has 2 aromatic rings. The molecule has 0 saturated carbocycles. The fourth-order valence-electron chi connectivity index (χ4n) is 1.86. The second kappa shape index (κ2) is 5.79. The topological polar surface area (TPSA) is 85.1 Å². The Labute approximate surface area is 129 Å². The van der Waals surface area contributed by atoms with Gasteiger partial charge in [-0.15, -0.1) is 0 Å². The van der Waals surface area contributed by atoms with E-state index in [0.29, 0.717) is 16.9 Å². The SMILES string of the molecule is Cc1cc(S(=O)(=O)Nc2ncccc2C)ccc1C(N)=S. The zero-order valence-corrected chi connectivity index (χ0v) is 13.3. The maximum absolute atomic E-state index is 12.4. The average molecular weight is 321 g/mol. The van der Waals surface area contributed by atoms with Gasteiger partial charge in [-0.3, -0.25) is 4.72 Å². The summed E-state index contributed by atoms with van der Waals surface area (Å²) in [5.74, 6) is 0.313. The summed E-state index contributed by atoms with van der Waals surface area (Å²) in [6.45, 7) is 3.55. The van der Waals surface area contributed by atoms with Gasteiger partial charge in [-0.05, 0) is 43.2 Å². The van der Waals surface area contributed by atoms with E-state index in [9.17, 15) is 8.42 Å². The molecule has 1 heterocycles. The maximum atomic E-state index is 12.4. The molecule has 21 heavy (non-hydrogen) atoms. The van der Waals surface area contributed by atoms with Crippen molar-refractivity contribution in [3.63, 3.8) is 0 Å². The molecule has 0 aliphatic carbocycles. The zero-order valence-electron chi connectivity index (χ0n) is 11.6. The molecule has 5 nitrogen and oxygen atoms in total. The van der Waals surface area contributed by atoms with Crippen LogP contribution < -0.4 is 10.5 Å². The van der Waals surface area contributed by atoms with Gasteiger partial charge in [0.15, 0.2) is 0 Å². The molecule has 1 aromatic heterocycles. The molecule has 0 saturated heterocycles. The minimum absolute atomic E-state index is 0.144. The first-order valence-corrected chi connectivity index (χ1v) is 8.05. The quantitative estimate of drug-likeness (QED) is 0.843. The number of thiocarbonyl (C=S) groups is 1. The lowest BCUT2D eigenvalue weighted by molar-refractivity contribution is 0.601. The number of rotatable bonds is 4. The van der Waals surface area contributed by atoms with E-state index in [2.05, 4.69) is 9.71 Å². The van der Waals surface area contributed by atoms with Gasteiger partial charge in [-0.1, -0.05) is 24.4 Å². The van der Waals surface area contributed by atoms with Gasteiger partial charge in [0.1, 0.15) is 10.8 Å². The predicted octanol–water partition coefficient (Wildman–Crippen LogP) is 2.13. The van der Waals surface area contributed by atoms with Crippen molar-refractivity contribution in [1.82, 2.24) is 4.98 Å². The third-order valence-corrected chi connectivity index (χ3v) is 4.57. The monoisotopic (exact) mass is 321 g/mol. The molecule has 3 N–H and O–H groups in total. The number of anilines is 1. The van der Waals surface area contributed by atoms with Gasteiger partial charge < -0.3 is 5.73 Å². The molecule has 0 aliphatic heterocycles. The van der Waals surface area contributed by atoms with E-state index in [4.69, 9.17) is 18.0 Å². The van der Waals surface area contributed by atoms with Crippen LogP contribution >= 0.6 is 12.2 Å². The van der Waals surface area contributed by atoms with E-state index < -0.39 is 10.0 Å². The van der Waals surface area contributed by atoms with Crippen LogP contribution in [0.1, 0.15) is 16.7 Å². The Hall–Kier alpha value is -1.99. The number of benzene rings is 1. The van der Waals surface area contributed by atoms with Crippen molar-refractivity contribution in [3.05, 3.63) is 53.2 Å². The van der Waals surface area contributed by atoms with Gasteiger partial charge in [-0.25, -0.2) is 13.4 Å². The van der Waals surface area contributed by atoms with E-state index in [1.807, 2.05) is 0 Å². The van der Waals surface area contributed by atoms with Crippen LogP contribution in [0.15, 0.2) is 41.4 Å². The average Bonchev–Trinajstić information content (AvgIpc) is 2.40. The van der Waals surface area contributed by atoms with Crippen LogP contribution in [0, 0.1) is 13.8 Å². The number of pyridine rings is 1. The molecular formula is C14H15N3O2S2. The third-order valence-electron chi connectivity index (χ3n) is 3.01. The van der Waals surface area contributed by atoms with Crippen LogP contribution in [0.2, 0.25) is 0 Å². The number of sulfonamides is 1. The summed E-state index contributed by atoms with van der Waals surface area (Å²) in [6, 6.07) is 8.15. The van der Waals surface area contributed by atoms with E-state index in [-0.39, 0.29) is 9.88 Å². The summed E-state index contributed by atoms with van der Waals surface area (Å²) >= 11 is 4.91. The number of aromatic nitrogens is 1. The first kappa shape index (κ1) is 15.4. The van der Waals surface area contributed by atoms with E-state index in [1.54, 1.807) is 32.0 Å². The van der Waals surface area contributed by atoms with Crippen LogP contribution in [0.25, 0.3) is 0 Å². The van der Waals surface area contributed by atoms with Crippen LogP contribution in [0.5, 0.6) is 0 Å². The van der Waals surface area contributed by atoms with Crippen molar-refractivity contribution in [2.45, 2.75) is 18.7 Å². The van der Waals surface area contributed by atoms with Gasteiger partial charge in [0.25, 0.3) is 10.0 Å². The summed E-state index contributed by atoms with van der Waals surface area (Å²) in [5.41, 5.74) is 7.70. The fraction of sp³-hybridized carbons (Fsp3) is 0.143. The first-order chi connectivity index (χ1) is 9.81. The number of nitrogens with one attached hydrogen (secondary N) is 1. The van der Waals surface area contributed by atoms with Gasteiger partial charge in [0.2, 0.25) is 0 Å². The minimum Gasteiger partial charge on any atom is -0.389 e. The molecule has 1 aromatic carbocycles. The summed E-state index contributed by atoms with van der Waals surface area (Å²) in [4.78, 5) is 4.41. The fourth-order valence-corrected chi connectivity index (χ4v) is 3.25. The highest BCUT2D eigenvalue weighted by Crippen LogP contribution is 2.19. The number of aryl methyl sites for hydroxylation is 2. The van der Waals surface area contributed by atoms with Crippen molar-refractivity contribution < 1.29 is 8.42 Å². The summed E-state index contributed by atoms with van der Waals surface area (Å²) in [7, 11) is -3.70. The smallest absolute Gasteiger partial charge is 0.263 e.